The molecule has 0 aromatic heterocycles. The number of nitrogens with two attached hydrogens (primary N) is 1. The standard InChI is InChI=1S/C26H32N4O9/c1-9-13-10(28-12(32)8-29(2)3)6-7-11(31)15(13)20(33)16-14(9)21(34)18-19(30(4)5)22(35)17(25(27)38)24(37)26(18,39)23(16)36/h6-7,9,14,18-19,21,31,34-36,39H,8H2,1-5H3,(H2,27,38)(H,28,32). The second kappa shape index (κ2) is 9.45. The van der Waals surface area contributed by atoms with Crippen molar-refractivity contribution in [3.05, 3.63) is 45.9 Å². The number of ketones is 2. The largest absolute Gasteiger partial charge is 0.510 e. The molecule has 39 heavy (non-hydrogen) atoms. The van der Waals surface area contributed by atoms with Crippen LogP contribution >= 0.6 is 0 Å². The number of nitrogens with one attached hydrogen (secondary N) is 1. The first-order valence-corrected chi connectivity index (χ1v) is 12.2. The van der Waals surface area contributed by atoms with Crippen LogP contribution in [0.1, 0.15) is 28.8 Å². The number of aliphatic hydroxyl groups is 4. The maximum Gasteiger partial charge on any atom is 0.255 e. The van der Waals surface area contributed by atoms with E-state index >= 15 is 0 Å². The second-order valence-electron chi connectivity index (χ2n) is 10.8. The fourth-order valence-corrected chi connectivity index (χ4v) is 6.29. The number of hydrogen-bond donors (Lipinski definition) is 7. The van der Waals surface area contributed by atoms with E-state index in [1.807, 2.05) is 0 Å². The summed E-state index contributed by atoms with van der Waals surface area (Å²) in [5.74, 6) is -10.3. The van der Waals surface area contributed by atoms with Crippen molar-refractivity contribution in [2.24, 2.45) is 17.6 Å². The lowest BCUT2D eigenvalue weighted by molar-refractivity contribution is -0.162. The van der Waals surface area contributed by atoms with E-state index in [2.05, 4.69) is 5.32 Å². The molecule has 1 aromatic carbocycles. The number of anilines is 1. The Labute approximate surface area is 223 Å². The Balaban J connectivity index is 1.98. The number of amides is 2. The molecule has 3 aliphatic rings. The first-order chi connectivity index (χ1) is 18.1. The number of rotatable bonds is 5. The van der Waals surface area contributed by atoms with Gasteiger partial charge in [0.2, 0.25) is 11.7 Å². The van der Waals surface area contributed by atoms with Crippen LogP contribution < -0.4 is 11.1 Å². The van der Waals surface area contributed by atoms with Gasteiger partial charge in [0, 0.05) is 17.2 Å². The summed E-state index contributed by atoms with van der Waals surface area (Å²) in [5.41, 5.74) is 0.955. The molecule has 0 saturated carbocycles. The highest BCUT2D eigenvalue weighted by molar-refractivity contribution is 6.25. The molecule has 13 nitrogen and oxygen atoms in total. The number of nitrogens with zero attached hydrogens (tertiary/aromatic N) is 2. The summed E-state index contributed by atoms with van der Waals surface area (Å²) >= 11 is 0. The third kappa shape index (κ3) is 3.92. The first-order valence-electron chi connectivity index (χ1n) is 12.2. The van der Waals surface area contributed by atoms with E-state index in [1.165, 1.54) is 31.1 Å². The Morgan fingerprint density at radius 2 is 1.72 bits per heavy atom. The molecule has 2 amide bonds. The molecule has 0 bridgehead atoms. The van der Waals surface area contributed by atoms with E-state index in [4.69, 9.17) is 5.73 Å². The zero-order chi connectivity index (χ0) is 29.3. The normalized spacial score (nSPS) is 30.3. The smallest absolute Gasteiger partial charge is 0.255 e. The van der Waals surface area contributed by atoms with E-state index in [0.717, 1.165) is 0 Å². The Hall–Kier alpha value is -3.78. The molecule has 0 radical (unpaired) electrons. The van der Waals surface area contributed by atoms with Gasteiger partial charge in [-0.2, -0.15) is 0 Å². The molecule has 0 spiro atoms. The number of likely N-dealkylation sites (N-methyl/N-ethyl adjacent to an activating group) is 2. The van der Waals surface area contributed by atoms with Gasteiger partial charge in [-0.05, 0) is 51.8 Å². The zero-order valence-corrected chi connectivity index (χ0v) is 22.1. The van der Waals surface area contributed by atoms with Crippen LogP contribution in [-0.2, 0) is 14.4 Å². The van der Waals surface area contributed by atoms with E-state index in [0.29, 0.717) is 0 Å². The third-order valence-electron chi connectivity index (χ3n) is 7.84. The summed E-state index contributed by atoms with van der Waals surface area (Å²) in [4.78, 5) is 54.8. The van der Waals surface area contributed by atoms with Crippen molar-refractivity contribution in [3.8, 4) is 5.75 Å². The molecule has 210 valence electrons. The van der Waals surface area contributed by atoms with E-state index < -0.39 is 87.3 Å². The molecule has 13 heteroatoms. The number of aliphatic hydroxyl groups excluding tert-OH is 3. The highest BCUT2D eigenvalue weighted by Crippen LogP contribution is 2.56. The monoisotopic (exact) mass is 544 g/mol. The average molecular weight is 545 g/mol. The van der Waals surface area contributed by atoms with Gasteiger partial charge in [-0.15, -0.1) is 0 Å². The van der Waals surface area contributed by atoms with Crippen molar-refractivity contribution >= 4 is 29.1 Å². The van der Waals surface area contributed by atoms with Crippen LogP contribution in [-0.4, -0.2) is 111 Å². The molecule has 0 saturated heterocycles. The molecule has 4 rings (SSSR count). The van der Waals surface area contributed by atoms with Crippen molar-refractivity contribution in [1.82, 2.24) is 9.80 Å². The molecule has 3 aliphatic carbocycles. The number of fused-ring (bicyclic) bond motifs is 3. The van der Waals surface area contributed by atoms with Crippen LogP contribution in [0.25, 0.3) is 0 Å². The Morgan fingerprint density at radius 1 is 1.10 bits per heavy atom. The van der Waals surface area contributed by atoms with Gasteiger partial charge in [0.1, 0.15) is 22.8 Å². The minimum Gasteiger partial charge on any atom is -0.510 e. The van der Waals surface area contributed by atoms with Gasteiger partial charge in [-0.25, -0.2) is 0 Å². The molecular weight excluding hydrogens is 512 g/mol. The van der Waals surface area contributed by atoms with Crippen molar-refractivity contribution in [3.63, 3.8) is 0 Å². The fraction of sp³-hybridized carbons (Fsp3) is 0.462. The summed E-state index contributed by atoms with van der Waals surface area (Å²) in [5, 5.41) is 59.0. The number of primary amides is 1. The predicted octanol–water partition coefficient (Wildman–Crippen LogP) is -0.847. The van der Waals surface area contributed by atoms with Gasteiger partial charge >= 0.3 is 0 Å². The SMILES string of the molecule is CC1c2c(NC(=O)CN(C)C)ccc(O)c2C(=O)C2=C(O)C3(O)C(=O)C(C(N)=O)=C(O)C(N(C)C)C3C(O)C21. The molecule has 0 heterocycles. The van der Waals surface area contributed by atoms with Gasteiger partial charge in [0.05, 0.1) is 30.2 Å². The van der Waals surface area contributed by atoms with Crippen LogP contribution in [0.2, 0.25) is 0 Å². The van der Waals surface area contributed by atoms with Crippen molar-refractivity contribution in [2.45, 2.75) is 30.6 Å². The second-order valence-corrected chi connectivity index (χ2v) is 10.8. The van der Waals surface area contributed by atoms with Crippen LogP contribution in [0.4, 0.5) is 5.69 Å². The van der Waals surface area contributed by atoms with Crippen LogP contribution in [0.15, 0.2) is 34.8 Å². The zero-order valence-electron chi connectivity index (χ0n) is 22.1. The average Bonchev–Trinajstić information content (AvgIpc) is 2.81. The minimum absolute atomic E-state index is 0.0194. The van der Waals surface area contributed by atoms with Crippen molar-refractivity contribution in [1.29, 1.82) is 0 Å². The number of hydrogen-bond acceptors (Lipinski definition) is 11. The molecule has 8 N–H and O–H groups in total. The quantitative estimate of drug-likeness (QED) is 0.179. The Kier molecular flexibility index (Phi) is 6.84. The molecule has 6 atom stereocenters. The summed E-state index contributed by atoms with van der Waals surface area (Å²) in [6.45, 7) is 1.61. The fourth-order valence-electron chi connectivity index (χ4n) is 6.29. The predicted molar refractivity (Wildman–Crippen MR) is 137 cm³/mol. The van der Waals surface area contributed by atoms with Crippen LogP contribution in [0.5, 0.6) is 5.75 Å². The van der Waals surface area contributed by atoms with Gasteiger partial charge in [0.15, 0.2) is 11.4 Å². The highest BCUT2D eigenvalue weighted by Gasteiger charge is 2.67. The molecule has 0 aliphatic heterocycles. The number of carbonyl (C=O) groups excluding carboxylic acids is 4. The maximum atomic E-state index is 13.8. The number of phenols is 1. The lowest BCUT2D eigenvalue weighted by atomic mass is 9.55. The third-order valence-corrected chi connectivity index (χ3v) is 7.84. The number of Topliss-reactive ketones (excluding diaryl/α,β-unsaturated/α-hetero) is 2. The topological polar surface area (TPSA) is 214 Å². The number of aromatic hydroxyl groups is 1. The van der Waals surface area contributed by atoms with Gasteiger partial charge in [-0.1, -0.05) is 6.92 Å². The van der Waals surface area contributed by atoms with Gasteiger partial charge < -0.3 is 41.5 Å². The minimum atomic E-state index is -2.99. The number of carbonyl (C=O) groups is 4. The van der Waals surface area contributed by atoms with Crippen molar-refractivity contribution in [2.75, 3.05) is 40.1 Å². The van der Waals surface area contributed by atoms with Crippen molar-refractivity contribution < 1.29 is 44.7 Å². The first kappa shape index (κ1) is 28.2. The molecule has 6 unspecified atom stereocenters. The number of phenolic OH excluding ortho intramolecular Hbond substituents is 1. The Morgan fingerprint density at radius 3 is 2.26 bits per heavy atom. The molecule has 1 aromatic rings. The van der Waals surface area contributed by atoms with E-state index in [1.54, 1.807) is 25.9 Å². The molecular formula is C26H32N4O9. The molecule has 0 fully saturated rings. The summed E-state index contributed by atoms with van der Waals surface area (Å²) in [6, 6.07) is 1.23. The summed E-state index contributed by atoms with van der Waals surface area (Å²) < 4.78 is 0. The van der Waals surface area contributed by atoms with Crippen LogP contribution in [0.3, 0.4) is 0 Å². The lowest BCUT2D eigenvalue weighted by Crippen LogP contribution is -2.68. The highest BCUT2D eigenvalue weighted by atomic mass is 16.4. The summed E-state index contributed by atoms with van der Waals surface area (Å²) in [6.07, 6.45) is -1.73. The number of benzene rings is 1. The van der Waals surface area contributed by atoms with E-state index in [9.17, 15) is 44.7 Å². The Bertz CT molecular complexity index is 1370. The maximum absolute atomic E-state index is 13.8. The van der Waals surface area contributed by atoms with E-state index in [-0.39, 0.29) is 23.4 Å². The van der Waals surface area contributed by atoms with Gasteiger partial charge in [-0.3, -0.25) is 24.1 Å². The lowest BCUT2D eigenvalue weighted by Gasteiger charge is -2.53. The van der Waals surface area contributed by atoms with Gasteiger partial charge in [0.25, 0.3) is 5.91 Å². The van der Waals surface area contributed by atoms with Crippen LogP contribution in [0, 0.1) is 11.8 Å². The summed E-state index contributed by atoms with van der Waals surface area (Å²) in [7, 11) is 6.30.